The number of hydrogen-bond acceptors (Lipinski definition) is 3. The summed E-state index contributed by atoms with van der Waals surface area (Å²) in [6.07, 6.45) is 6.14. The Morgan fingerprint density at radius 3 is 3.00 bits per heavy atom. The molecular formula is C12H16O3. The molecule has 0 bridgehead atoms. The van der Waals surface area contributed by atoms with Gasteiger partial charge in [0.2, 0.25) is 0 Å². The minimum Gasteiger partial charge on any atom is -0.462 e. The van der Waals surface area contributed by atoms with Crippen LogP contribution in [0.2, 0.25) is 0 Å². The van der Waals surface area contributed by atoms with Crippen LogP contribution in [0, 0.1) is 11.3 Å². The van der Waals surface area contributed by atoms with E-state index in [1.807, 2.05) is 0 Å². The molecule has 1 heterocycles. The largest absolute Gasteiger partial charge is 0.462 e. The van der Waals surface area contributed by atoms with Gasteiger partial charge in [-0.2, -0.15) is 0 Å². The van der Waals surface area contributed by atoms with E-state index in [0.29, 0.717) is 31.0 Å². The zero-order valence-electron chi connectivity index (χ0n) is 8.83. The van der Waals surface area contributed by atoms with E-state index < -0.39 is 0 Å². The second kappa shape index (κ2) is 3.06. The molecule has 1 spiro atoms. The van der Waals surface area contributed by atoms with Crippen LogP contribution in [0.1, 0.15) is 44.9 Å². The lowest BCUT2D eigenvalue weighted by Gasteiger charge is -2.46. The summed E-state index contributed by atoms with van der Waals surface area (Å²) in [5, 5.41) is 0. The number of ether oxygens (including phenoxy) is 1. The second-order valence-electron chi connectivity index (χ2n) is 5.26. The number of rotatable bonds is 0. The molecule has 2 aliphatic carbocycles. The monoisotopic (exact) mass is 208 g/mol. The zero-order valence-corrected chi connectivity index (χ0v) is 8.83. The van der Waals surface area contributed by atoms with E-state index in [9.17, 15) is 9.59 Å². The molecule has 3 aliphatic rings. The van der Waals surface area contributed by atoms with Gasteiger partial charge in [0.05, 0.1) is 6.42 Å². The molecule has 0 aromatic rings. The second-order valence-corrected chi connectivity index (χ2v) is 5.26. The van der Waals surface area contributed by atoms with Crippen molar-refractivity contribution in [3.8, 4) is 0 Å². The molecule has 3 rings (SSSR count). The van der Waals surface area contributed by atoms with Crippen molar-refractivity contribution in [2.24, 2.45) is 11.3 Å². The maximum Gasteiger partial charge on any atom is 0.306 e. The normalized spacial score (nSPS) is 44.5. The Labute approximate surface area is 89.2 Å². The Balaban J connectivity index is 1.93. The Kier molecular flexibility index (Phi) is 1.91. The highest BCUT2D eigenvalue weighted by molar-refractivity contribution is 5.81. The van der Waals surface area contributed by atoms with Crippen molar-refractivity contribution < 1.29 is 14.3 Å². The van der Waals surface area contributed by atoms with Gasteiger partial charge < -0.3 is 4.74 Å². The highest BCUT2D eigenvalue weighted by atomic mass is 16.6. The molecule has 0 radical (unpaired) electrons. The lowest BCUT2D eigenvalue weighted by molar-refractivity contribution is -0.143. The third kappa shape index (κ3) is 1.25. The molecule has 3 nitrogen and oxygen atoms in total. The maximum atomic E-state index is 11.5. The van der Waals surface area contributed by atoms with E-state index in [-0.39, 0.29) is 17.5 Å². The van der Waals surface area contributed by atoms with Crippen LogP contribution in [0.15, 0.2) is 0 Å². The molecule has 82 valence electrons. The van der Waals surface area contributed by atoms with E-state index in [0.717, 1.165) is 25.7 Å². The fourth-order valence-corrected chi connectivity index (χ4v) is 3.80. The van der Waals surface area contributed by atoms with Gasteiger partial charge in [0.25, 0.3) is 0 Å². The van der Waals surface area contributed by atoms with Crippen molar-refractivity contribution >= 4 is 11.8 Å². The van der Waals surface area contributed by atoms with Gasteiger partial charge in [-0.15, -0.1) is 0 Å². The zero-order chi connectivity index (χ0) is 10.5. The Morgan fingerprint density at radius 2 is 2.13 bits per heavy atom. The fourth-order valence-electron chi connectivity index (χ4n) is 3.80. The van der Waals surface area contributed by atoms with Crippen LogP contribution in [0.4, 0.5) is 0 Å². The van der Waals surface area contributed by atoms with Crippen molar-refractivity contribution in [3.05, 3.63) is 0 Å². The fraction of sp³-hybridized carbons (Fsp3) is 0.833. The average Bonchev–Trinajstić information content (AvgIpc) is 2.52. The molecule has 1 saturated heterocycles. The summed E-state index contributed by atoms with van der Waals surface area (Å²) in [6.45, 7) is 0. The third-order valence-corrected chi connectivity index (χ3v) is 4.56. The van der Waals surface area contributed by atoms with Gasteiger partial charge in [-0.1, -0.05) is 0 Å². The summed E-state index contributed by atoms with van der Waals surface area (Å²) in [6, 6.07) is 0. The number of hydrogen-bond donors (Lipinski definition) is 0. The summed E-state index contributed by atoms with van der Waals surface area (Å²) in [7, 11) is 0. The van der Waals surface area contributed by atoms with E-state index >= 15 is 0 Å². The summed E-state index contributed by atoms with van der Waals surface area (Å²) in [5.41, 5.74) is 0.0449. The van der Waals surface area contributed by atoms with Crippen LogP contribution in [0.5, 0.6) is 0 Å². The van der Waals surface area contributed by atoms with Gasteiger partial charge in [0, 0.05) is 18.3 Å². The first-order valence-electron chi connectivity index (χ1n) is 5.92. The van der Waals surface area contributed by atoms with Crippen LogP contribution in [-0.4, -0.2) is 17.9 Å². The average molecular weight is 208 g/mol. The highest BCUT2D eigenvalue weighted by Gasteiger charge is 2.56. The summed E-state index contributed by atoms with van der Waals surface area (Å²) in [4.78, 5) is 22.9. The molecule has 2 saturated carbocycles. The predicted molar refractivity (Wildman–Crippen MR) is 53.1 cm³/mol. The molecule has 3 fully saturated rings. The van der Waals surface area contributed by atoms with Crippen molar-refractivity contribution in [3.63, 3.8) is 0 Å². The molecule has 3 heteroatoms. The lowest BCUT2D eigenvalue weighted by Crippen LogP contribution is -2.45. The molecule has 3 atom stereocenters. The van der Waals surface area contributed by atoms with Crippen molar-refractivity contribution in [1.29, 1.82) is 0 Å². The Morgan fingerprint density at radius 1 is 1.27 bits per heavy atom. The van der Waals surface area contributed by atoms with Gasteiger partial charge in [-0.3, -0.25) is 9.59 Å². The first-order chi connectivity index (χ1) is 7.21. The minimum absolute atomic E-state index is 0.0405. The maximum absolute atomic E-state index is 11.5. The topological polar surface area (TPSA) is 43.4 Å². The standard InChI is InChI=1S/C12H16O3/c13-9-4-5-12-7-11(14)15-10(12)3-1-2-8(12)6-9/h8,10H,1-7H2/t8-,10+,12-/m0/s1. The molecule has 0 aromatic heterocycles. The minimum atomic E-state index is -0.0405. The summed E-state index contributed by atoms with van der Waals surface area (Å²) >= 11 is 0. The predicted octanol–water partition coefficient (Wildman–Crippen LogP) is 1.84. The smallest absolute Gasteiger partial charge is 0.306 e. The first-order valence-corrected chi connectivity index (χ1v) is 5.92. The van der Waals surface area contributed by atoms with Crippen molar-refractivity contribution in [2.75, 3.05) is 0 Å². The third-order valence-electron chi connectivity index (χ3n) is 4.56. The molecule has 1 aliphatic heterocycles. The van der Waals surface area contributed by atoms with Crippen molar-refractivity contribution in [2.45, 2.75) is 51.0 Å². The molecule has 15 heavy (non-hydrogen) atoms. The number of Topliss-reactive ketones (excluding diaryl/α,β-unsaturated/α-hetero) is 1. The number of ketones is 1. The van der Waals surface area contributed by atoms with E-state index in [1.165, 1.54) is 0 Å². The molecule has 0 amide bonds. The first kappa shape index (κ1) is 9.37. The highest BCUT2D eigenvalue weighted by Crippen LogP contribution is 2.55. The van der Waals surface area contributed by atoms with Gasteiger partial charge in [-0.25, -0.2) is 0 Å². The van der Waals surface area contributed by atoms with Crippen molar-refractivity contribution in [1.82, 2.24) is 0 Å². The molecular weight excluding hydrogens is 192 g/mol. The SMILES string of the molecule is O=C1CC[C@@]23CC(=O)O[C@@H]2CCC[C@H]3C1. The number of esters is 1. The quantitative estimate of drug-likeness (QED) is 0.570. The van der Waals surface area contributed by atoms with E-state index in [2.05, 4.69) is 0 Å². The van der Waals surface area contributed by atoms with Crippen LogP contribution in [0.3, 0.4) is 0 Å². The molecule has 0 unspecified atom stereocenters. The Hall–Kier alpha value is -0.860. The van der Waals surface area contributed by atoms with Crippen LogP contribution >= 0.6 is 0 Å². The van der Waals surface area contributed by atoms with Crippen LogP contribution in [0.25, 0.3) is 0 Å². The Bertz CT molecular complexity index is 323. The van der Waals surface area contributed by atoms with Gasteiger partial charge in [0.1, 0.15) is 11.9 Å². The van der Waals surface area contributed by atoms with E-state index in [4.69, 9.17) is 4.74 Å². The van der Waals surface area contributed by atoms with Gasteiger partial charge in [0.15, 0.2) is 0 Å². The summed E-state index contributed by atoms with van der Waals surface area (Å²) < 4.78 is 5.41. The number of carbonyl (C=O) groups is 2. The molecule has 0 aromatic carbocycles. The number of carbonyl (C=O) groups excluding carboxylic acids is 2. The summed E-state index contributed by atoms with van der Waals surface area (Å²) in [5.74, 6) is 0.760. The van der Waals surface area contributed by atoms with Gasteiger partial charge >= 0.3 is 5.97 Å². The lowest BCUT2D eigenvalue weighted by atomic mass is 9.57. The van der Waals surface area contributed by atoms with E-state index in [1.54, 1.807) is 0 Å². The van der Waals surface area contributed by atoms with Gasteiger partial charge in [-0.05, 0) is 31.6 Å². The van der Waals surface area contributed by atoms with Crippen LogP contribution in [-0.2, 0) is 14.3 Å². The van der Waals surface area contributed by atoms with Crippen LogP contribution < -0.4 is 0 Å². The molecule has 0 N–H and O–H groups in total.